The monoisotopic (exact) mass is 553 g/mol. The van der Waals surface area contributed by atoms with Crippen LogP contribution in [0.15, 0.2) is 41.4 Å². The third-order valence-corrected chi connectivity index (χ3v) is 8.65. The smallest absolute Gasteiger partial charge is 0.255 e. The van der Waals surface area contributed by atoms with E-state index in [4.69, 9.17) is 10.5 Å². The molecule has 0 bridgehead atoms. The van der Waals surface area contributed by atoms with Crippen molar-refractivity contribution >= 4 is 23.2 Å². The summed E-state index contributed by atoms with van der Waals surface area (Å²) in [5.74, 6) is -6.75. The number of primary amides is 1. The van der Waals surface area contributed by atoms with Crippen molar-refractivity contribution in [3.8, 4) is 5.75 Å². The predicted molar refractivity (Wildman–Crippen MR) is 144 cm³/mol. The molecule has 1 amide bonds. The lowest BCUT2D eigenvalue weighted by Gasteiger charge is -2.50. The van der Waals surface area contributed by atoms with Gasteiger partial charge in [0.2, 0.25) is 5.78 Å². The number of nitrogens with zero attached hydrogens (tertiary/aromatic N) is 1. The summed E-state index contributed by atoms with van der Waals surface area (Å²) in [5, 5.41) is 48.4. The Bertz CT molecular complexity index is 1390. The number of likely N-dealkylation sites (N-methyl/N-ethyl adjacent to an activating group) is 1. The van der Waals surface area contributed by atoms with Crippen LogP contribution in [-0.2, 0) is 25.5 Å². The number of amides is 1. The number of hydrogen-bond acceptors (Lipinski definition) is 10. The van der Waals surface area contributed by atoms with Crippen LogP contribution in [0.3, 0.4) is 0 Å². The van der Waals surface area contributed by atoms with Gasteiger partial charge >= 0.3 is 0 Å². The molecule has 7 N–H and O–H groups in total. The first-order valence-corrected chi connectivity index (χ1v) is 13.4. The number of carbonyl (C=O) groups excluding carboxylic acids is 3. The standard InChI is InChI=1S/C29H35N3O8/c1-12(2)31-11-13-7-8-40-25(13)15-5-6-18(33)20-16(15)9-14-10-17-22(32(3)4)24(35)21(28(30)38)27(37)29(17,39)26(36)19(14)23(20)34/h5-8,12-14,17,22,25,31,33-34,37,39H,9-11H2,1-4H3,(H2,30,38)/t13?,14-,17-,22-,25?,29-/m0/s1. The fourth-order valence-electron chi connectivity index (χ4n) is 6.82. The molecule has 0 saturated heterocycles. The zero-order chi connectivity index (χ0) is 29.3. The predicted octanol–water partition coefficient (Wildman–Crippen LogP) is 1.16. The van der Waals surface area contributed by atoms with Crippen LogP contribution in [0.25, 0.3) is 5.76 Å². The Balaban J connectivity index is 1.65. The fraction of sp³-hybridized carbons (Fsp3) is 0.483. The highest BCUT2D eigenvalue weighted by Crippen LogP contribution is 2.53. The maximum atomic E-state index is 14.0. The molecule has 5 rings (SSSR count). The molecule has 1 heterocycles. The van der Waals surface area contributed by atoms with Gasteiger partial charge in [-0.3, -0.25) is 19.3 Å². The average molecular weight is 554 g/mol. The van der Waals surface area contributed by atoms with Gasteiger partial charge in [-0.15, -0.1) is 0 Å². The van der Waals surface area contributed by atoms with Crippen molar-refractivity contribution in [1.82, 2.24) is 10.2 Å². The minimum atomic E-state index is -2.66. The van der Waals surface area contributed by atoms with E-state index in [1.807, 2.05) is 19.9 Å². The number of phenolic OH excluding ortho intramolecular Hbond substituents is 1. The van der Waals surface area contributed by atoms with Crippen LogP contribution in [0.1, 0.15) is 43.1 Å². The first kappa shape index (κ1) is 27.9. The quantitative estimate of drug-likeness (QED) is 0.280. The largest absolute Gasteiger partial charge is 0.508 e. The first-order valence-electron chi connectivity index (χ1n) is 13.4. The number of rotatable bonds is 6. The summed E-state index contributed by atoms with van der Waals surface area (Å²) in [5.41, 5.74) is 3.10. The number of nitrogens with two attached hydrogens (primary N) is 1. The van der Waals surface area contributed by atoms with Crippen LogP contribution >= 0.6 is 0 Å². The number of hydrogen-bond donors (Lipinski definition) is 6. The number of fused-ring (bicyclic) bond motifs is 3. The number of ketones is 2. The van der Waals surface area contributed by atoms with E-state index >= 15 is 0 Å². The maximum absolute atomic E-state index is 14.0. The Hall–Kier alpha value is -3.67. The maximum Gasteiger partial charge on any atom is 0.255 e. The van der Waals surface area contributed by atoms with E-state index in [9.17, 15) is 34.8 Å². The molecule has 1 aliphatic heterocycles. The second-order valence-corrected chi connectivity index (χ2v) is 11.6. The first-order chi connectivity index (χ1) is 18.8. The molecule has 40 heavy (non-hydrogen) atoms. The molecular weight excluding hydrogens is 518 g/mol. The van der Waals surface area contributed by atoms with Crippen molar-refractivity contribution in [2.24, 2.45) is 23.5 Å². The van der Waals surface area contributed by atoms with Crippen molar-refractivity contribution < 1.29 is 39.5 Å². The molecule has 1 fully saturated rings. The number of aliphatic hydroxyl groups excluding tert-OH is 2. The summed E-state index contributed by atoms with van der Waals surface area (Å²) in [6.07, 6.45) is 3.42. The van der Waals surface area contributed by atoms with Crippen LogP contribution in [0, 0.1) is 17.8 Å². The van der Waals surface area contributed by atoms with E-state index in [-0.39, 0.29) is 41.7 Å². The summed E-state index contributed by atoms with van der Waals surface area (Å²) >= 11 is 0. The number of ether oxygens (including phenoxy) is 1. The molecule has 0 radical (unpaired) electrons. The van der Waals surface area contributed by atoms with Crippen LogP contribution in [0.2, 0.25) is 0 Å². The number of benzene rings is 1. The zero-order valence-electron chi connectivity index (χ0n) is 22.8. The van der Waals surface area contributed by atoms with Crippen molar-refractivity contribution in [2.45, 2.75) is 50.5 Å². The van der Waals surface area contributed by atoms with Gasteiger partial charge in [0.05, 0.1) is 17.9 Å². The van der Waals surface area contributed by atoms with Gasteiger partial charge in [-0.05, 0) is 56.1 Å². The van der Waals surface area contributed by atoms with Crippen LogP contribution < -0.4 is 11.1 Å². The second kappa shape index (κ2) is 9.76. The van der Waals surface area contributed by atoms with Crippen molar-refractivity contribution in [3.05, 3.63) is 58.1 Å². The van der Waals surface area contributed by atoms with Gasteiger partial charge in [0.1, 0.15) is 28.9 Å². The van der Waals surface area contributed by atoms with E-state index in [1.54, 1.807) is 26.4 Å². The van der Waals surface area contributed by atoms with E-state index in [1.165, 1.54) is 11.0 Å². The number of aliphatic hydroxyl groups is 3. The van der Waals surface area contributed by atoms with Crippen LogP contribution in [0.5, 0.6) is 5.75 Å². The van der Waals surface area contributed by atoms with Gasteiger partial charge in [0, 0.05) is 30.0 Å². The highest BCUT2D eigenvalue weighted by molar-refractivity contribution is 6.24. The number of aromatic hydroxyl groups is 1. The molecule has 0 aromatic heterocycles. The Labute approximate surface area is 231 Å². The summed E-state index contributed by atoms with van der Waals surface area (Å²) < 4.78 is 5.95. The Morgan fingerprint density at radius 1 is 1.23 bits per heavy atom. The summed E-state index contributed by atoms with van der Waals surface area (Å²) in [4.78, 5) is 40.8. The molecule has 4 aliphatic rings. The number of Topliss-reactive ketones (excluding diaryl/α,β-unsaturated/α-hetero) is 2. The Morgan fingerprint density at radius 3 is 2.55 bits per heavy atom. The van der Waals surface area contributed by atoms with Crippen molar-refractivity contribution in [1.29, 1.82) is 0 Å². The minimum Gasteiger partial charge on any atom is -0.508 e. The van der Waals surface area contributed by atoms with Gasteiger partial charge < -0.3 is 36.2 Å². The molecular formula is C29H35N3O8. The minimum absolute atomic E-state index is 0.0231. The van der Waals surface area contributed by atoms with E-state index in [2.05, 4.69) is 5.32 Å². The molecule has 2 unspecified atom stereocenters. The third kappa shape index (κ3) is 3.94. The third-order valence-electron chi connectivity index (χ3n) is 8.65. The van der Waals surface area contributed by atoms with E-state index in [0.717, 1.165) is 5.56 Å². The van der Waals surface area contributed by atoms with Crippen LogP contribution in [-0.4, -0.2) is 81.1 Å². The summed E-state index contributed by atoms with van der Waals surface area (Å²) in [7, 11) is 3.14. The van der Waals surface area contributed by atoms with Crippen molar-refractivity contribution in [3.63, 3.8) is 0 Å². The lowest BCUT2D eigenvalue weighted by atomic mass is 9.57. The second-order valence-electron chi connectivity index (χ2n) is 11.6. The number of phenols is 1. The van der Waals surface area contributed by atoms with Gasteiger partial charge in [-0.1, -0.05) is 19.9 Å². The molecule has 11 nitrogen and oxygen atoms in total. The highest BCUT2D eigenvalue weighted by Gasteiger charge is 2.64. The molecule has 1 saturated carbocycles. The lowest BCUT2D eigenvalue weighted by Crippen LogP contribution is -2.65. The Morgan fingerprint density at radius 2 is 1.93 bits per heavy atom. The molecule has 6 atom stereocenters. The van der Waals surface area contributed by atoms with Crippen molar-refractivity contribution in [2.75, 3.05) is 20.6 Å². The SMILES string of the molecule is CC(C)NCC1C=COC1c1ccc(O)c2c1C[C@H]1C[C@H]3[C@H](N(C)C)C(=O)C(C(N)=O)=C(O)[C@@]3(O)C(=O)C1=C2O. The van der Waals surface area contributed by atoms with E-state index in [0.29, 0.717) is 12.1 Å². The summed E-state index contributed by atoms with van der Waals surface area (Å²) in [6, 6.07) is 2.30. The number of carbonyl (C=O) groups is 3. The molecule has 1 aromatic rings. The van der Waals surface area contributed by atoms with Crippen LogP contribution in [0.4, 0.5) is 0 Å². The fourth-order valence-corrected chi connectivity index (χ4v) is 6.82. The topological polar surface area (TPSA) is 183 Å². The van der Waals surface area contributed by atoms with Gasteiger partial charge in [-0.2, -0.15) is 0 Å². The van der Waals surface area contributed by atoms with E-state index < -0.39 is 64.1 Å². The lowest BCUT2D eigenvalue weighted by molar-refractivity contribution is -0.153. The van der Waals surface area contributed by atoms with Gasteiger partial charge in [-0.25, -0.2) is 0 Å². The molecule has 11 heteroatoms. The molecule has 3 aliphatic carbocycles. The number of nitrogens with one attached hydrogen (secondary N) is 1. The average Bonchev–Trinajstić information content (AvgIpc) is 3.33. The summed E-state index contributed by atoms with van der Waals surface area (Å²) in [6.45, 7) is 4.72. The zero-order valence-corrected chi connectivity index (χ0v) is 22.8. The normalized spacial score (nSPS) is 31.4. The van der Waals surface area contributed by atoms with Gasteiger partial charge in [0.25, 0.3) is 5.91 Å². The highest BCUT2D eigenvalue weighted by atomic mass is 16.5. The van der Waals surface area contributed by atoms with Gasteiger partial charge in [0.15, 0.2) is 11.4 Å². The molecule has 214 valence electrons. The molecule has 1 aromatic carbocycles. The molecule has 0 spiro atoms. The Kier molecular flexibility index (Phi) is 6.80.